The zero-order chi connectivity index (χ0) is 16.9. The maximum Gasteiger partial charge on any atom is 0.230 e. The summed E-state index contributed by atoms with van der Waals surface area (Å²) in [6.45, 7) is 8.50. The van der Waals surface area contributed by atoms with E-state index in [-0.39, 0.29) is 11.9 Å². The molecule has 23 heavy (non-hydrogen) atoms. The van der Waals surface area contributed by atoms with Crippen molar-refractivity contribution in [3.63, 3.8) is 0 Å². The van der Waals surface area contributed by atoms with E-state index in [2.05, 4.69) is 5.32 Å². The van der Waals surface area contributed by atoms with Gasteiger partial charge in [-0.3, -0.25) is 4.79 Å². The minimum absolute atomic E-state index is 0.0186. The monoisotopic (exact) mass is 311 g/mol. The topological polar surface area (TPSA) is 38.3 Å². The Kier molecular flexibility index (Phi) is 5.43. The molecule has 0 aliphatic carbocycles. The Morgan fingerprint density at radius 1 is 1.09 bits per heavy atom. The average molecular weight is 311 g/mol. The molecular weight excluding hydrogens is 286 g/mol. The molecule has 0 spiro atoms. The fraction of sp³-hybridized carbons (Fsp3) is 0.350. The number of benzene rings is 2. The van der Waals surface area contributed by atoms with Gasteiger partial charge in [0.2, 0.25) is 5.91 Å². The van der Waals surface area contributed by atoms with Crippen molar-refractivity contribution in [3.8, 4) is 5.75 Å². The SMILES string of the molecule is CCOc1ccc([C@H](C)NC(=O)C(C)(C)c2ccccc2)cc1. The van der Waals surface area contributed by atoms with Crippen LogP contribution in [0.25, 0.3) is 0 Å². The summed E-state index contributed by atoms with van der Waals surface area (Å²) in [5, 5.41) is 3.11. The third kappa shape index (κ3) is 4.13. The quantitative estimate of drug-likeness (QED) is 0.866. The van der Waals surface area contributed by atoms with Crippen LogP contribution in [-0.2, 0) is 10.2 Å². The normalized spacial score (nSPS) is 12.5. The van der Waals surface area contributed by atoms with Crippen LogP contribution in [0.3, 0.4) is 0 Å². The van der Waals surface area contributed by atoms with Gasteiger partial charge in [0.1, 0.15) is 5.75 Å². The molecule has 0 bridgehead atoms. The maximum absolute atomic E-state index is 12.7. The Bertz CT molecular complexity index is 632. The van der Waals surface area contributed by atoms with Crippen LogP contribution in [0.15, 0.2) is 54.6 Å². The van der Waals surface area contributed by atoms with Crippen molar-refractivity contribution < 1.29 is 9.53 Å². The number of rotatable bonds is 6. The van der Waals surface area contributed by atoms with Crippen LogP contribution in [0.1, 0.15) is 44.9 Å². The van der Waals surface area contributed by atoms with Crippen molar-refractivity contribution in [1.82, 2.24) is 5.32 Å². The van der Waals surface area contributed by atoms with Crippen LogP contribution in [-0.4, -0.2) is 12.5 Å². The van der Waals surface area contributed by atoms with Gasteiger partial charge in [0.15, 0.2) is 0 Å². The van der Waals surface area contributed by atoms with Gasteiger partial charge < -0.3 is 10.1 Å². The van der Waals surface area contributed by atoms with E-state index in [0.29, 0.717) is 6.61 Å². The van der Waals surface area contributed by atoms with Crippen LogP contribution in [0.2, 0.25) is 0 Å². The van der Waals surface area contributed by atoms with Crippen molar-refractivity contribution in [2.24, 2.45) is 0 Å². The van der Waals surface area contributed by atoms with Gasteiger partial charge in [-0.15, -0.1) is 0 Å². The fourth-order valence-electron chi connectivity index (χ4n) is 2.47. The number of carbonyl (C=O) groups is 1. The Balaban J connectivity index is 2.07. The first-order chi connectivity index (χ1) is 10.9. The number of nitrogens with one attached hydrogen (secondary N) is 1. The molecular formula is C20H25NO2. The van der Waals surface area contributed by atoms with Gasteiger partial charge in [-0.25, -0.2) is 0 Å². The molecule has 0 fully saturated rings. The molecule has 0 aliphatic rings. The third-order valence-electron chi connectivity index (χ3n) is 4.10. The summed E-state index contributed by atoms with van der Waals surface area (Å²) in [4.78, 5) is 12.7. The van der Waals surface area contributed by atoms with Crippen LogP contribution in [0.4, 0.5) is 0 Å². The number of hydrogen-bond acceptors (Lipinski definition) is 2. The molecule has 122 valence electrons. The highest BCUT2D eigenvalue weighted by Gasteiger charge is 2.30. The molecule has 1 atom stereocenters. The van der Waals surface area contributed by atoms with E-state index in [1.165, 1.54) is 0 Å². The lowest BCUT2D eigenvalue weighted by Crippen LogP contribution is -2.41. The largest absolute Gasteiger partial charge is 0.494 e. The summed E-state index contributed by atoms with van der Waals surface area (Å²) in [6.07, 6.45) is 0. The van der Waals surface area contributed by atoms with Crippen LogP contribution in [0, 0.1) is 0 Å². The van der Waals surface area contributed by atoms with E-state index >= 15 is 0 Å². The Morgan fingerprint density at radius 2 is 1.70 bits per heavy atom. The molecule has 1 amide bonds. The first kappa shape index (κ1) is 17.1. The Labute approximate surface area is 138 Å². The molecule has 0 unspecified atom stereocenters. The minimum Gasteiger partial charge on any atom is -0.494 e. The van der Waals surface area contributed by atoms with Crippen LogP contribution in [0.5, 0.6) is 5.75 Å². The lowest BCUT2D eigenvalue weighted by molar-refractivity contribution is -0.126. The first-order valence-electron chi connectivity index (χ1n) is 8.04. The highest BCUT2D eigenvalue weighted by Crippen LogP contribution is 2.25. The van der Waals surface area contributed by atoms with Crippen molar-refractivity contribution in [2.45, 2.75) is 39.2 Å². The van der Waals surface area contributed by atoms with Gasteiger partial charge in [0, 0.05) is 0 Å². The lowest BCUT2D eigenvalue weighted by Gasteiger charge is -2.26. The zero-order valence-electron chi connectivity index (χ0n) is 14.3. The molecule has 0 radical (unpaired) electrons. The molecule has 3 nitrogen and oxygen atoms in total. The van der Waals surface area contributed by atoms with Crippen molar-refractivity contribution in [3.05, 3.63) is 65.7 Å². The van der Waals surface area contributed by atoms with E-state index in [1.54, 1.807) is 0 Å². The van der Waals surface area contributed by atoms with Gasteiger partial charge in [0.25, 0.3) is 0 Å². The van der Waals surface area contributed by atoms with Gasteiger partial charge >= 0.3 is 0 Å². The standard InChI is InChI=1S/C20H25NO2/c1-5-23-18-13-11-16(12-14-18)15(2)21-19(22)20(3,4)17-9-7-6-8-10-17/h6-15H,5H2,1-4H3,(H,21,22)/t15-/m0/s1. The van der Waals surface area contributed by atoms with E-state index in [4.69, 9.17) is 4.74 Å². The summed E-state index contributed by atoms with van der Waals surface area (Å²) >= 11 is 0. The Morgan fingerprint density at radius 3 is 2.26 bits per heavy atom. The smallest absolute Gasteiger partial charge is 0.230 e. The summed E-state index contributed by atoms with van der Waals surface area (Å²) in [6, 6.07) is 17.6. The predicted octanol–water partition coefficient (Wildman–Crippen LogP) is 4.24. The van der Waals surface area contributed by atoms with E-state index in [1.807, 2.05) is 82.3 Å². The predicted molar refractivity (Wildman–Crippen MR) is 93.6 cm³/mol. The minimum atomic E-state index is -0.569. The molecule has 0 aliphatic heterocycles. The zero-order valence-corrected chi connectivity index (χ0v) is 14.3. The van der Waals surface area contributed by atoms with Crippen LogP contribution < -0.4 is 10.1 Å². The summed E-state index contributed by atoms with van der Waals surface area (Å²) in [5.41, 5.74) is 1.50. The summed E-state index contributed by atoms with van der Waals surface area (Å²) in [5.74, 6) is 0.865. The fourth-order valence-corrected chi connectivity index (χ4v) is 2.47. The molecule has 0 saturated heterocycles. The number of carbonyl (C=O) groups excluding carboxylic acids is 1. The summed E-state index contributed by atoms with van der Waals surface area (Å²) in [7, 11) is 0. The molecule has 3 heteroatoms. The number of amides is 1. The van der Waals surface area contributed by atoms with E-state index in [0.717, 1.165) is 16.9 Å². The average Bonchev–Trinajstić information content (AvgIpc) is 2.56. The molecule has 0 saturated carbocycles. The molecule has 1 N–H and O–H groups in total. The van der Waals surface area contributed by atoms with Crippen molar-refractivity contribution in [2.75, 3.05) is 6.61 Å². The van der Waals surface area contributed by atoms with Crippen molar-refractivity contribution in [1.29, 1.82) is 0 Å². The molecule has 0 aromatic heterocycles. The van der Waals surface area contributed by atoms with E-state index in [9.17, 15) is 4.79 Å². The molecule has 2 rings (SSSR count). The first-order valence-corrected chi connectivity index (χ1v) is 8.04. The highest BCUT2D eigenvalue weighted by atomic mass is 16.5. The molecule has 2 aromatic carbocycles. The van der Waals surface area contributed by atoms with Gasteiger partial charge in [-0.2, -0.15) is 0 Å². The Hall–Kier alpha value is -2.29. The highest BCUT2D eigenvalue weighted by molar-refractivity contribution is 5.87. The second-order valence-corrected chi connectivity index (χ2v) is 6.19. The van der Waals surface area contributed by atoms with Crippen LogP contribution >= 0.6 is 0 Å². The maximum atomic E-state index is 12.7. The second-order valence-electron chi connectivity index (χ2n) is 6.19. The van der Waals surface area contributed by atoms with Gasteiger partial charge in [-0.1, -0.05) is 42.5 Å². The molecule has 2 aromatic rings. The summed E-state index contributed by atoms with van der Waals surface area (Å²) < 4.78 is 5.45. The third-order valence-corrected chi connectivity index (χ3v) is 4.10. The van der Waals surface area contributed by atoms with Crippen molar-refractivity contribution >= 4 is 5.91 Å². The molecule has 0 heterocycles. The lowest BCUT2D eigenvalue weighted by atomic mass is 9.83. The van der Waals surface area contributed by atoms with Gasteiger partial charge in [0.05, 0.1) is 18.1 Å². The second kappa shape index (κ2) is 7.32. The van der Waals surface area contributed by atoms with Gasteiger partial charge in [-0.05, 0) is 51.0 Å². The number of ether oxygens (including phenoxy) is 1. The number of hydrogen-bond donors (Lipinski definition) is 1. The van der Waals surface area contributed by atoms with E-state index < -0.39 is 5.41 Å².